The van der Waals surface area contributed by atoms with Gasteiger partial charge in [-0.1, -0.05) is 42.5 Å². The summed E-state index contributed by atoms with van der Waals surface area (Å²) < 4.78 is 11.0. The minimum absolute atomic E-state index is 0.144. The molecule has 1 unspecified atom stereocenters. The van der Waals surface area contributed by atoms with Crippen molar-refractivity contribution in [2.45, 2.75) is 38.0 Å². The molecule has 1 atom stereocenters. The molecule has 9 heteroatoms. The van der Waals surface area contributed by atoms with Gasteiger partial charge in [-0.05, 0) is 36.1 Å². The van der Waals surface area contributed by atoms with Crippen LogP contribution in [0.5, 0.6) is 0 Å². The number of carbonyl (C=O) groups is 3. The number of amides is 2. The minimum atomic E-state index is -1.12. The first-order valence-electron chi connectivity index (χ1n) is 10.8. The number of rotatable bonds is 9. The molecule has 0 aromatic heterocycles. The SMILES string of the molecule is Nc1ccc(CC(NC(=O)COC2CCN(C(=O)OCc3ccccc3)CC2)C(=O)O)cc1. The maximum Gasteiger partial charge on any atom is 0.410 e. The van der Waals surface area contributed by atoms with E-state index in [9.17, 15) is 19.5 Å². The standard InChI is InChI=1S/C24H29N3O6/c25-19-8-6-17(7-9-19)14-21(23(29)30)26-22(28)16-32-20-10-12-27(13-11-20)24(31)33-15-18-4-2-1-3-5-18/h1-9,20-21H,10-16,25H2,(H,26,28)(H,29,30). The number of nitrogens with one attached hydrogen (secondary N) is 1. The van der Waals surface area contributed by atoms with Gasteiger partial charge in [0.05, 0.1) is 6.10 Å². The van der Waals surface area contributed by atoms with Crippen molar-refractivity contribution in [1.29, 1.82) is 0 Å². The van der Waals surface area contributed by atoms with E-state index >= 15 is 0 Å². The highest BCUT2D eigenvalue weighted by Crippen LogP contribution is 2.15. The molecule has 0 spiro atoms. The number of carboxylic acids is 1. The van der Waals surface area contributed by atoms with Crippen molar-refractivity contribution in [1.82, 2.24) is 10.2 Å². The zero-order chi connectivity index (χ0) is 23.6. The van der Waals surface area contributed by atoms with Crippen molar-refractivity contribution in [3.8, 4) is 0 Å². The lowest BCUT2D eigenvalue weighted by Gasteiger charge is -2.31. The summed E-state index contributed by atoms with van der Waals surface area (Å²) in [7, 11) is 0. The van der Waals surface area contributed by atoms with Crippen LogP contribution in [0.25, 0.3) is 0 Å². The first-order valence-corrected chi connectivity index (χ1v) is 10.8. The molecule has 0 aliphatic carbocycles. The molecule has 3 rings (SSSR count). The van der Waals surface area contributed by atoms with Crippen LogP contribution in [0.2, 0.25) is 0 Å². The summed E-state index contributed by atoms with van der Waals surface area (Å²) in [6.07, 6.45) is 0.727. The average Bonchev–Trinajstić information content (AvgIpc) is 2.83. The van der Waals surface area contributed by atoms with E-state index in [1.165, 1.54) is 0 Å². The van der Waals surface area contributed by atoms with Gasteiger partial charge in [-0.3, -0.25) is 4.79 Å². The molecule has 0 bridgehead atoms. The summed E-state index contributed by atoms with van der Waals surface area (Å²) in [5, 5.41) is 11.9. The molecule has 0 radical (unpaired) electrons. The number of nitrogens with two attached hydrogens (primary N) is 1. The van der Waals surface area contributed by atoms with Crippen LogP contribution < -0.4 is 11.1 Å². The molecule has 0 saturated carbocycles. The lowest BCUT2D eigenvalue weighted by atomic mass is 10.1. The lowest BCUT2D eigenvalue weighted by Crippen LogP contribution is -2.45. The average molecular weight is 456 g/mol. The van der Waals surface area contributed by atoms with Crippen LogP contribution in [-0.2, 0) is 32.1 Å². The molecule has 33 heavy (non-hydrogen) atoms. The fraction of sp³-hybridized carbons (Fsp3) is 0.375. The van der Waals surface area contributed by atoms with Gasteiger partial charge in [0.2, 0.25) is 5.91 Å². The van der Waals surface area contributed by atoms with E-state index < -0.39 is 17.9 Å². The molecule has 176 valence electrons. The minimum Gasteiger partial charge on any atom is -0.480 e. The Morgan fingerprint density at radius 1 is 1.03 bits per heavy atom. The predicted octanol–water partition coefficient (Wildman–Crippen LogP) is 2.20. The van der Waals surface area contributed by atoms with E-state index in [1.807, 2.05) is 30.3 Å². The van der Waals surface area contributed by atoms with Crippen molar-refractivity contribution in [3.63, 3.8) is 0 Å². The second kappa shape index (κ2) is 11.9. The van der Waals surface area contributed by atoms with Gasteiger partial charge in [0.1, 0.15) is 19.3 Å². The summed E-state index contributed by atoms with van der Waals surface area (Å²) in [5.41, 5.74) is 7.90. The van der Waals surface area contributed by atoms with Gasteiger partial charge in [0.25, 0.3) is 0 Å². The van der Waals surface area contributed by atoms with Crippen LogP contribution >= 0.6 is 0 Å². The lowest BCUT2D eigenvalue weighted by molar-refractivity contribution is -0.143. The highest BCUT2D eigenvalue weighted by atomic mass is 16.6. The largest absolute Gasteiger partial charge is 0.480 e. The van der Waals surface area contributed by atoms with Gasteiger partial charge in [-0.2, -0.15) is 0 Å². The van der Waals surface area contributed by atoms with Gasteiger partial charge >= 0.3 is 12.1 Å². The Kier molecular flexibility index (Phi) is 8.65. The number of anilines is 1. The van der Waals surface area contributed by atoms with Crippen molar-refractivity contribution in [3.05, 3.63) is 65.7 Å². The molecule has 2 amide bonds. The van der Waals surface area contributed by atoms with Gasteiger partial charge in [0.15, 0.2) is 0 Å². The maximum absolute atomic E-state index is 12.2. The smallest absolute Gasteiger partial charge is 0.410 e. The first-order chi connectivity index (χ1) is 15.9. The second-order valence-electron chi connectivity index (χ2n) is 7.94. The van der Waals surface area contributed by atoms with Crippen molar-refractivity contribution in [2.75, 3.05) is 25.4 Å². The van der Waals surface area contributed by atoms with Gasteiger partial charge in [-0.25, -0.2) is 9.59 Å². The van der Waals surface area contributed by atoms with Crippen molar-refractivity contribution < 1.29 is 29.0 Å². The Morgan fingerprint density at radius 3 is 2.33 bits per heavy atom. The van der Waals surface area contributed by atoms with E-state index in [-0.39, 0.29) is 31.8 Å². The molecule has 1 saturated heterocycles. The number of piperidine rings is 1. The molecule has 2 aromatic carbocycles. The summed E-state index contributed by atoms with van der Waals surface area (Å²) in [6, 6.07) is 15.2. The first kappa shape index (κ1) is 24.1. The molecule has 1 heterocycles. The van der Waals surface area contributed by atoms with Crippen LogP contribution in [-0.4, -0.2) is 59.8 Å². The molecule has 4 N–H and O–H groups in total. The molecular formula is C24H29N3O6. The molecule has 2 aromatic rings. The predicted molar refractivity (Wildman–Crippen MR) is 121 cm³/mol. The van der Waals surface area contributed by atoms with E-state index in [0.717, 1.165) is 11.1 Å². The third-order valence-corrected chi connectivity index (χ3v) is 5.41. The Labute approximate surface area is 192 Å². The Hall–Kier alpha value is -3.59. The zero-order valence-electron chi connectivity index (χ0n) is 18.3. The summed E-state index contributed by atoms with van der Waals surface area (Å²) in [5.74, 6) is -1.62. The van der Waals surface area contributed by atoms with Crippen LogP contribution in [0.4, 0.5) is 10.5 Å². The quantitative estimate of drug-likeness (QED) is 0.494. The Morgan fingerprint density at radius 2 is 1.70 bits per heavy atom. The Balaban J connectivity index is 1.36. The Bertz CT molecular complexity index is 927. The number of carbonyl (C=O) groups excluding carboxylic acids is 2. The monoisotopic (exact) mass is 455 g/mol. The maximum atomic E-state index is 12.2. The zero-order valence-corrected chi connectivity index (χ0v) is 18.3. The van der Waals surface area contributed by atoms with Crippen LogP contribution in [0.3, 0.4) is 0 Å². The third-order valence-electron chi connectivity index (χ3n) is 5.41. The molecule has 1 aliphatic heterocycles. The number of likely N-dealkylation sites (tertiary alicyclic amines) is 1. The fourth-order valence-corrected chi connectivity index (χ4v) is 3.53. The van der Waals surface area contributed by atoms with Crippen LogP contribution in [0.1, 0.15) is 24.0 Å². The van der Waals surface area contributed by atoms with Gasteiger partial charge in [0, 0.05) is 25.2 Å². The van der Waals surface area contributed by atoms with Crippen molar-refractivity contribution >= 4 is 23.7 Å². The normalized spacial score (nSPS) is 15.0. The van der Waals surface area contributed by atoms with Crippen LogP contribution in [0, 0.1) is 0 Å². The summed E-state index contributed by atoms with van der Waals surface area (Å²) >= 11 is 0. The van der Waals surface area contributed by atoms with E-state index in [4.69, 9.17) is 15.2 Å². The van der Waals surface area contributed by atoms with E-state index in [2.05, 4.69) is 5.32 Å². The van der Waals surface area contributed by atoms with Gasteiger partial charge in [-0.15, -0.1) is 0 Å². The topological polar surface area (TPSA) is 131 Å². The van der Waals surface area contributed by atoms with Crippen LogP contribution in [0.15, 0.2) is 54.6 Å². The van der Waals surface area contributed by atoms with Crippen molar-refractivity contribution in [2.24, 2.45) is 0 Å². The summed E-state index contributed by atoms with van der Waals surface area (Å²) in [6.45, 7) is 0.912. The number of nitrogen functional groups attached to an aromatic ring is 1. The molecule has 9 nitrogen and oxygen atoms in total. The highest BCUT2D eigenvalue weighted by molar-refractivity contribution is 5.84. The number of aliphatic carboxylic acids is 1. The molecule has 1 aliphatic rings. The molecular weight excluding hydrogens is 426 g/mol. The number of benzene rings is 2. The highest BCUT2D eigenvalue weighted by Gasteiger charge is 2.26. The van der Waals surface area contributed by atoms with E-state index in [1.54, 1.807) is 29.2 Å². The number of nitrogens with zero attached hydrogens (tertiary/aromatic N) is 1. The molecule has 1 fully saturated rings. The number of carboxylic acid groups (broad SMARTS) is 1. The van der Waals surface area contributed by atoms with Gasteiger partial charge < -0.3 is 30.5 Å². The van der Waals surface area contributed by atoms with E-state index in [0.29, 0.717) is 31.6 Å². The number of ether oxygens (including phenoxy) is 2. The second-order valence-corrected chi connectivity index (χ2v) is 7.94. The third kappa shape index (κ3) is 7.80. The number of hydrogen-bond acceptors (Lipinski definition) is 6. The fourth-order valence-electron chi connectivity index (χ4n) is 3.53. The number of hydrogen-bond donors (Lipinski definition) is 3. The summed E-state index contributed by atoms with van der Waals surface area (Å²) in [4.78, 5) is 37.6.